The Hall–Kier alpha value is -2.59. The molecule has 0 fully saturated rings. The molecule has 0 atom stereocenters. The fourth-order valence-electron chi connectivity index (χ4n) is 2.43. The number of aromatic nitrogens is 1. The number of nitrogens with zero attached hydrogens (tertiary/aromatic N) is 3. The lowest BCUT2D eigenvalue weighted by Crippen LogP contribution is -2.09. The SMILES string of the molecule is Cc1nc(CNc2c([N+](=O)[O-])cc(CO)c(C)c2[N+](=O)[O-])c(C)s1. The van der Waals surface area contributed by atoms with Crippen LogP contribution >= 0.6 is 11.3 Å². The third-order valence-electron chi connectivity index (χ3n) is 3.62. The fourth-order valence-corrected chi connectivity index (χ4v) is 3.26. The van der Waals surface area contributed by atoms with E-state index in [1.54, 1.807) is 0 Å². The average Bonchev–Trinajstić information content (AvgIpc) is 2.82. The number of hydrogen-bond donors (Lipinski definition) is 2. The molecular formula is C14H16N4O5S. The lowest BCUT2D eigenvalue weighted by Gasteiger charge is -2.11. The first-order valence-corrected chi connectivity index (χ1v) is 7.80. The third kappa shape index (κ3) is 3.34. The molecule has 24 heavy (non-hydrogen) atoms. The Morgan fingerprint density at radius 1 is 1.25 bits per heavy atom. The van der Waals surface area contributed by atoms with E-state index in [0.29, 0.717) is 5.69 Å². The molecule has 2 N–H and O–H groups in total. The zero-order valence-corrected chi connectivity index (χ0v) is 14.1. The first kappa shape index (κ1) is 17.8. The zero-order valence-electron chi connectivity index (χ0n) is 13.3. The molecule has 0 radical (unpaired) electrons. The molecule has 0 saturated heterocycles. The highest BCUT2D eigenvalue weighted by molar-refractivity contribution is 7.11. The van der Waals surface area contributed by atoms with E-state index in [0.717, 1.165) is 16.0 Å². The number of rotatable bonds is 6. The van der Waals surface area contributed by atoms with Crippen molar-refractivity contribution in [1.29, 1.82) is 0 Å². The summed E-state index contributed by atoms with van der Waals surface area (Å²) in [6.07, 6.45) is 0. The number of aryl methyl sites for hydroxylation is 2. The first-order valence-electron chi connectivity index (χ1n) is 6.99. The van der Waals surface area contributed by atoms with Crippen LogP contribution in [-0.2, 0) is 13.2 Å². The number of nitrogens with one attached hydrogen (secondary N) is 1. The quantitative estimate of drug-likeness (QED) is 0.603. The predicted octanol–water partition coefficient (Wildman–Crippen LogP) is 2.99. The van der Waals surface area contributed by atoms with Gasteiger partial charge in [0.25, 0.3) is 5.69 Å². The maximum absolute atomic E-state index is 11.4. The van der Waals surface area contributed by atoms with Crippen molar-refractivity contribution < 1.29 is 15.0 Å². The molecule has 9 nitrogen and oxygen atoms in total. The van der Waals surface area contributed by atoms with Crippen LogP contribution in [0.25, 0.3) is 0 Å². The van der Waals surface area contributed by atoms with Crippen LogP contribution in [0.1, 0.15) is 26.7 Å². The van der Waals surface area contributed by atoms with Gasteiger partial charge in [0, 0.05) is 16.5 Å². The van der Waals surface area contributed by atoms with Crippen molar-refractivity contribution in [2.24, 2.45) is 0 Å². The number of nitro benzene ring substituents is 2. The summed E-state index contributed by atoms with van der Waals surface area (Å²) in [5.41, 5.74) is 0.00922. The van der Waals surface area contributed by atoms with E-state index < -0.39 is 27.8 Å². The minimum absolute atomic E-state index is 0.135. The number of aliphatic hydroxyl groups is 1. The monoisotopic (exact) mass is 352 g/mol. The summed E-state index contributed by atoms with van der Waals surface area (Å²) in [6, 6.07) is 1.16. The molecule has 1 aromatic heterocycles. The summed E-state index contributed by atoms with van der Waals surface area (Å²) < 4.78 is 0. The van der Waals surface area contributed by atoms with Crippen molar-refractivity contribution in [2.75, 3.05) is 5.32 Å². The molecule has 10 heteroatoms. The standard InChI is InChI=1S/C14H16N4O5S/c1-7-10(6-19)4-12(17(20)21)13(14(7)18(22)23)15-5-11-8(2)24-9(3)16-11/h4,15,19H,5-6H2,1-3H3. The topological polar surface area (TPSA) is 131 Å². The van der Waals surface area contributed by atoms with E-state index in [1.807, 2.05) is 13.8 Å². The number of benzene rings is 1. The second-order valence-electron chi connectivity index (χ2n) is 5.17. The van der Waals surface area contributed by atoms with Crippen LogP contribution in [0.2, 0.25) is 0 Å². The van der Waals surface area contributed by atoms with Gasteiger partial charge in [0.15, 0.2) is 5.69 Å². The second kappa shape index (κ2) is 6.89. The van der Waals surface area contributed by atoms with E-state index in [1.165, 1.54) is 18.3 Å². The van der Waals surface area contributed by atoms with Gasteiger partial charge in [-0.15, -0.1) is 11.3 Å². The molecule has 0 spiro atoms. The Bertz CT molecular complexity index is 818. The minimum Gasteiger partial charge on any atom is -0.392 e. The molecule has 1 aromatic carbocycles. The van der Waals surface area contributed by atoms with Gasteiger partial charge in [0.1, 0.15) is 0 Å². The summed E-state index contributed by atoms with van der Waals surface area (Å²) in [7, 11) is 0. The molecule has 0 aliphatic heterocycles. The number of anilines is 1. The molecule has 0 amide bonds. The highest BCUT2D eigenvalue weighted by Gasteiger charge is 2.30. The fraction of sp³-hybridized carbons (Fsp3) is 0.357. The Balaban J connectivity index is 2.53. The highest BCUT2D eigenvalue weighted by Crippen LogP contribution is 2.39. The Kier molecular flexibility index (Phi) is 5.10. The maximum atomic E-state index is 11.4. The van der Waals surface area contributed by atoms with E-state index >= 15 is 0 Å². The van der Waals surface area contributed by atoms with Crippen molar-refractivity contribution in [3.8, 4) is 0 Å². The van der Waals surface area contributed by atoms with Gasteiger partial charge in [-0.1, -0.05) is 0 Å². The van der Waals surface area contributed by atoms with Crippen LogP contribution in [0.15, 0.2) is 6.07 Å². The van der Waals surface area contributed by atoms with Crippen molar-refractivity contribution in [2.45, 2.75) is 33.9 Å². The van der Waals surface area contributed by atoms with Crippen molar-refractivity contribution >= 4 is 28.4 Å². The van der Waals surface area contributed by atoms with Gasteiger partial charge in [-0.25, -0.2) is 4.98 Å². The largest absolute Gasteiger partial charge is 0.392 e. The predicted molar refractivity (Wildman–Crippen MR) is 89.3 cm³/mol. The lowest BCUT2D eigenvalue weighted by molar-refractivity contribution is -0.392. The van der Waals surface area contributed by atoms with Crippen LogP contribution in [0.5, 0.6) is 0 Å². The second-order valence-corrected chi connectivity index (χ2v) is 6.57. The Morgan fingerprint density at radius 3 is 2.38 bits per heavy atom. The van der Waals surface area contributed by atoms with Gasteiger partial charge >= 0.3 is 5.69 Å². The van der Waals surface area contributed by atoms with Crippen molar-refractivity contribution in [3.63, 3.8) is 0 Å². The number of hydrogen-bond acceptors (Lipinski definition) is 8. The molecule has 128 valence electrons. The summed E-state index contributed by atoms with van der Waals surface area (Å²) in [6.45, 7) is 4.78. The number of aliphatic hydroxyl groups excluding tert-OH is 1. The van der Waals surface area contributed by atoms with Crippen LogP contribution in [0.4, 0.5) is 17.1 Å². The van der Waals surface area contributed by atoms with Gasteiger partial charge in [0.2, 0.25) is 0 Å². The van der Waals surface area contributed by atoms with Gasteiger partial charge < -0.3 is 10.4 Å². The number of thiazole rings is 1. The normalized spacial score (nSPS) is 10.7. The van der Waals surface area contributed by atoms with E-state index in [4.69, 9.17) is 0 Å². The molecule has 0 bridgehead atoms. The lowest BCUT2D eigenvalue weighted by atomic mass is 10.0. The summed E-state index contributed by atoms with van der Waals surface area (Å²) >= 11 is 1.48. The van der Waals surface area contributed by atoms with Crippen LogP contribution in [0, 0.1) is 41.0 Å². The average molecular weight is 352 g/mol. The van der Waals surface area contributed by atoms with Gasteiger partial charge in [-0.3, -0.25) is 20.2 Å². The number of nitro groups is 2. The Labute approximate surface area is 141 Å². The maximum Gasteiger partial charge on any atom is 0.302 e. The highest BCUT2D eigenvalue weighted by atomic mass is 32.1. The van der Waals surface area contributed by atoms with Crippen LogP contribution in [-0.4, -0.2) is 19.9 Å². The van der Waals surface area contributed by atoms with E-state index in [2.05, 4.69) is 10.3 Å². The van der Waals surface area contributed by atoms with Crippen LogP contribution in [0.3, 0.4) is 0 Å². The molecule has 1 heterocycles. The molecule has 2 aromatic rings. The first-order chi connectivity index (χ1) is 11.3. The molecular weight excluding hydrogens is 336 g/mol. The van der Waals surface area contributed by atoms with Gasteiger partial charge in [0.05, 0.1) is 33.7 Å². The molecule has 0 aliphatic rings. The summed E-state index contributed by atoms with van der Waals surface area (Å²) in [4.78, 5) is 26.6. The zero-order chi connectivity index (χ0) is 18.0. The van der Waals surface area contributed by atoms with E-state index in [-0.39, 0.29) is 23.4 Å². The van der Waals surface area contributed by atoms with Crippen molar-refractivity contribution in [1.82, 2.24) is 4.98 Å². The molecule has 2 rings (SSSR count). The molecule has 0 aliphatic carbocycles. The smallest absolute Gasteiger partial charge is 0.302 e. The van der Waals surface area contributed by atoms with Gasteiger partial charge in [-0.05, 0) is 26.3 Å². The van der Waals surface area contributed by atoms with Crippen molar-refractivity contribution in [3.05, 3.63) is 53.0 Å². The van der Waals surface area contributed by atoms with E-state index in [9.17, 15) is 25.3 Å². The molecule has 0 saturated carbocycles. The Morgan fingerprint density at radius 2 is 1.92 bits per heavy atom. The summed E-state index contributed by atoms with van der Waals surface area (Å²) in [5.74, 6) is 0. The summed E-state index contributed by atoms with van der Waals surface area (Å²) in [5, 5.41) is 35.7. The van der Waals surface area contributed by atoms with Crippen LogP contribution < -0.4 is 5.32 Å². The minimum atomic E-state index is -0.701. The third-order valence-corrected chi connectivity index (χ3v) is 4.55. The molecule has 0 unspecified atom stereocenters. The van der Waals surface area contributed by atoms with Gasteiger partial charge in [-0.2, -0.15) is 0 Å².